The van der Waals surface area contributed by atoms with Crippen molar-refractivity contribution in [2.75, 3.05) is 6.54 Å². The highest BCUT2D eigenvalue weighted by Crippen LogP contribution is 2.22. The van der Waals surface area contributed by atoms with Gasteiger partial charge in [-0.3, -0.25) is 14.9 Å². The number of nitrogens with zero attached hydrogens (tertiary/aromatic N) is 1. The van der Waals surface area contributed by atoms with Gasteiger partial charge in [-0.2, -0.15) is 0 Å². The molecule has 5 nitrogen and oxygen atoms in total. The fourth-order valence-electron chi connectivity index (χ4n) is 1.11. The lowest BCUT2D eigenvalue weighted by Gasteiger charge is -2.01. The molecule has 1 aromatic carbocycles. The molecule has 0 spiro atoms. The summed E-state index contributed by atoms with van der Waals surface area (Å²) in [6.45, 7) is 0.192. The van der Waals surface area contributed by atoms with Crippen LogP contribution in [0.15, 0.2) is 18.2 Å². The Morgan fingerprint density at radius 1 is 1.53 bits per heavy atom. The number of halogens is 1. The van der Waals surface area contributed by atoms with Crippen LogP contribution in [0.25, 0.3) is 0 Å². The average molecular weight is 229 g/mol. The zero-order valence-electron chi connectivity index (χ0n) is 7.77. The normalized spacial score (nSPS) is 10.0. The summed E-state index contributed by atoms with van der Waals surface area (Å²) in [5.74, 6) is -0.286. The first-order chi connectivity index (χ1) is 7.06. The summed E-state index contributed by atoms with van der Waals surface area (Å²) in [6.07, 6.45) is 0.126. The number of benzene rings is 1. The van der Waals surface area contributed by atoms with Gasteiger partial charge in [-0.25, -0.2) is 0 Å². The molecule has 0 fully saturated rings. The number of nitro benzene ring substituents is 1. The van der Waals surface area contributed by atoms with E-state index in [-0.39, 0.29) is 35.0 Å². The fourth-order valence-corrected chi connectivity index (χ4v) is 1.33. The molecule has 2 N–H and O–H groups in total. The van der Waals surface area contributed by atoms with E-state index in [4.69, 9.17) is 17.3 Å². The quantitative estimate of drug-likeness (QED) is 0.483. The summed E-state index contributed by atoms with van der Waals surface area (Å²) in [7, 11) is 0. The van der Waals surface area contributed by atoms with Crippen molar-refractivity contribution in [3.63, 3.8) is 0 Å². The van der Waals surface area contributed by atoms with Crippen LogP contribution in [0.5, 0.6) is 0 Å². The molecule has 6 heteroatoms. The van der Waals surface area contributed by atoms with Crippen LogP contribution in [0, 0.1) is 10.1 Å². The maximum atomic E-state index is 11.5. The lowest BCUT2D eigenvalue weighted by atomic mass is 10.1. The monoisotopic (exact) mass is 228 g/mol. The molecule has 0 aromatic heterocycles. The Morgan fingerprint density at radius 3 is 2.73 bits per heavy atom. The molecule has 0 radical (unpaired) electrons. The summed E-state index contributed by atoms with van der Waals surface area (Å²) in [5, 5.41) is 10.7. The largest absolute Gasteiger partial charge is 0.330 e. The zero-order chi connectivity index (χ0) is 11.4. The van der Waals surface area contributed by atoms with Crippen LogP contribution >= 0.6 is 11.6 Å². The van der Waals surface area contributed by atoms with Crippen molar-refractivity contribution < 1.29 is 9.72 Å². The van der Waals surface area contributed by atoms with E-state index in [1.165, 1.54) is 18.2 Å². The van der Waals surface area contributed by atoms with Gasteiger partial charge in [0.1, 0.15) is 0 Å². The Kier molecular flexibility index (Phi) is 3.76. The van der Waals surface area contributed by atoms with Gasteiger partial charge in [0.2, 0.25) is 0 Å². The third kappa shape index (κ3) is 2.74. The predicted molar refractivity (Wildman–Crippen MR) is 56.1 cm³/mol. The number of nitro groups is 1. The first-order valence-corrected chi connectivity index (χ1v) is 4.61. The van der Waals surface area contributed by atoms with Crippen molar-refractivity contribution in [3.05, 3.63) is 38.9 Å². The molecule has 1 aromatic rings. The van der Waals surface area contributed by atoms with Gasteiger partial charge in [-0.05, 0) is 12.6 Å². The molecule has 0 amide bonds. The molecule has 1 rings (SSSR count). The standard InChI is InChI=1S/C9H9ClN2O3/c10-8-2-1-6(12(14)15)5-7(8)9(13)3-4-11/h1-2,5H,3-4,11H2. The Labute approximate surface area is 91.0 Å². The third-order valence-corrected chi connectivity index (χ3v) is 2.16. The molecular weight excluding hydrogens is 220 g/mol. The molecule has 0 atom stereocenters. The first kappa shape index (κ1) is 11.6. The zero-order valence-corrected chi connectivity index (χ0v) is 8.53. The SMILES string of the molecule is NCCC(=O)c1cc([N+](=O)[O-])ccc1Cl. The number of ketones is 1. The van der Waals surface area contributed by atoms with Gasteiger partial charge in [-0.1, -0.05) is 11.6 Å². The van der Waals surface area contributed by atoms with Gasteiger partial charge in [0.25, 0.3) is 5.69 Å². The minimum Gasteiger partial charge on any atom is -0.330 e. The van der Waals surface area contributed by atoms with Crippen molar-refractivity contribution in [2.24, 2.45) is 5.73 Å². The van der Waals surface area contributed by atoms with Gasteiger partial charge in [0, 0.05) is 24.1 Å². The topological polar surface area (TPSA) is 86.2 Å². The molecule has 0 bridgehead atoms. The maximum absolute atomic E-state index is 11.5. The molecule has 0 saturated heterocycles. The molecule has 0 saturated carbocycles. The van der Waals surface area contributed by atoms with E-state index >= 15 is 0 Å². The van der Waals surface area contributed by atoms with Gasteiger partial charge in [0.05, 0.1) is 9.95 Å². The van der Waals surface area contributed by atoms with Crippen LogP contribution < -0.4 is 5.73 Å². The Balaban J connectivity index is 3.10. The molecule has 0 aliphatic carbocycles. The number of carbonyl (C=O) groups is 1. The van der Waals surface area contributed by atoms with Crippen LogP contribution in [0.2, 0.25) is 5.02 Å². The molecule has 80 valence electrons. The number of nitrogens with two attached hydrogens (primary N) is 1. The molecule has 0 aliphatic heterocycles. The van der Waals surface area contributed by atoms with Gasteiger partial charge in [-0.15, -0.1) is 0 Å². The minimum atomic E-state index is -0.574. The highest BCUT2D eigenvalue weighted by atomic mass is 35.5. The lowest BCUT2D eigenvalue weighted by molar-refractivity contribution is -0.384. The van der Waals surface area contributed by atoms with Crippen molar-refractivity contribution in [2.45, 2.75) is 6.42 Å². The minimum absolute atomic E-state index is 0.126. The highest BCUT2D eigenvalue weighted by molar-refractivity contribution is 6.34. The summed E-state index contributed by atoms with van der Waals surface area (Å²) in [6, 6.07) is 3.76. The van der Waals surface area contributed by atoms with E-state index in [2.05, 4.69) is 0 Å². The predicted octanol–water partition coefficient (Wildman–Crippen LogP) is 1.78. The first-order valence-electron chi connectivity index (χ1n) is 4.23. The Bertz CT molecular complexity index is 406. The third-order valence-electron chi connectivity index (χ3n) is 1.83. The van der Waals surface area contributed by atoms with Gasteiger partial charge in [0.15, 0.2) is 5.78 Å². The van der Waals surface area contributed by atoms with Crippen molar-refractivity contribution in [1.82, 2.24) is 0 Å². The van der Waals surface area contributed by atoms with Crippen molar-refractivity contribution in [1.29, 1.82) is 0 Å². The summed E-state index contributed by atoms with van der Waals surface area (Å²) in [5.41, 5.74) is 5.21. The number of hydrogen-bond acceptors (Lipinski definition) is 4. The van der Waals surface area contributed by atoms with Gasteiger partial charge < -0.3 is 5.73 Å². The second-order valence-corrected chi connectivity index (χ2v) is 3.29. The maximum Gasteiger partial charge on any atom is 0.270 e. The molecule has 0 unspecified atom stereocenters. The smallest absolute Gasteiger partial charge is 0.270 e. The van der Waals surface area contributed by atoms with E-state index in [1.54, 1.807) is 0 Å². The number of non-ortho nitro benzene ring substituents is 1. The second-order valence-electron chi connectivity index (χ2n) is 2.88. The fraction of sp³-hybridized carbons (Fsp3) is 0.222. The van der Waals surface area contributed by atoms with E-state index in [9.17, 15) is 14.9 Å². The number of carbonyl (C=O) groups excluding carboxylic acids is 1. The van der Waals surface area contributed by atoms with Crippen LogP contribution in [0.1, 0.15) is 16.8 Å². The van der Waals surface area contributed by atoms with Gasteiger partial charge >= 0.3 is 0 Å². The molecule has 0 heterocycles. The summed E-state index contributed by atoms with van der Waals surface area (Å²) >= 11 is 5.75. The summed E-state index contributed by atoms with van der Waals surface area (Å²) < 4.78 is 0. The Hall–Kier alpha value is -1.46. The number of Topliss-reactive ketones (excluding diaryl/α,β-unsaturated/α-hetero) is 1. The highest BCUT2D eigenvalue weighted by Gasteiger charge is 2.14. The number of hydrogen-bond donors (Lipinski definition) is 1. The Morgan fingerprint density at radius 2 is 2.20 bits per heavy atom. The van der Waals surface area contributed by atoms with Crippen LogP contribution in [-0.4, -0.2) is 17.3 Å². The molecule has 0 aliphatic rings. The van der Waals surface area contributed by atoms with E-state index in [0.29, 0.717) is 0 Å². The molecule has 15 heavy (non-hydrogen) atoms. The van der Waals surface area contributed by atoms with E-state index < -0.39 is 4.92 Å². The molecular formula is C9H9ClN2O3. The second kappa shape index (κ2) is 4.86. The van der Waals surface area contributed by atoms with Crippen molar-refractivity contribution >= 4 is 23.1 Å². The van der Waals surface area contributed by atoms with Crippen molar-refractivity contribution in [3.8, 4) is 0 Å². The van der Waals surface area contributed by atoms with Crippen LogP contribution in [0.4, 0.5) is 5.69 Å². The van der Waals surface area contributed by atoms with Crippen LogP contribution in [0.3, 0.4) is 0 Å². The summed E-state index contributed by atoms with van der Waals surface area (Å²) in [4.78, 5) is 21.4. The van der Waals surface area contributed by atoms with Crippen LogP contribution in [-0.2, 0) is 0 Å². The van der Waals surface area contributed by atoms with E-state index in [0.717, 1.165) is 0 Å². The average Bonchev–Trinajstić information content (AvgIpc) is 2.18. The van der Waals surface area contributed by atoms with E-state index in [1.807, 2.05) is 0 Å². The lowest BCUT2D eigenvalue weighted by Crippen LogP contribution is -2.08. The number of rotatable bonds is 4.